The summed E-state index contributed by atoms with van der Waals surface area (Å²) in [5.74, 6) is -4.95. The number of hydrogen-bond acceptors (Lipinski definition) is 4. The summed E-state index contributed by atoms with van der Waals surface area (Å²) in [6.07, 6.45) is -12.4. The summed E-state index contributed by atoms with van der Waals surface area (Å²) in [4.78, 5) is 1.64. The van der Waals surface area contributed by atoms with Crippen LogP contribution in [0.25, 0.3) is 0 Å². The van der Waals surface area contributed by atoms with Crippen molar-refractivity contribution >= 4 is 15.7 Å². The lowest BCUT2D eigenvalue weighted by Crippen LogP contribution is -2.51. The summed E-state index contributed by atoms with van der Waals surface area (Å²) in [5, 5.41) is 0. The fraction of sp³-hybridized carbons (Fsp3) is 0.412. The van der Waals surface area contributed by atoms with E-state index in [-0.39, 0.29) is 23.4 Å². The van der Waals surface area contributed by atoms with Crippen LogP contribution in [0.5, 0.6) is 5.75 Å². The third-order valence-electron chi connectivity index (χ3n) is 4.77. The minimum absolute atomic E-state index is 0.0445. The number of H-pyrrole nitrogens is 1. The number of anilines is 1. The molecule has 0 radical (unpaired) electrons. The summed E-state index contributed by atoms with van der Waals surface area (Å²) in [5.41, 5.74) is -4.75. The van der Waals surface area contributed by atoms with Crippen LogP contribution in [0, 0.1) is 11.6 Å². The maximum Gasteiger partial charge on any atom is 0.573 e. The summed E-state index contributed by atoms with van der Waals surface area (Å²) in [7, 11) is -8.21. The van der Waals surface area contributed by atoms with Gasteiger partial charge in [-0.3, -0.25) is 4.72 Å². The largest absolute Gasteiger partial charge is 0.573 e. The molecule has 0 bridgehead atoms. The van der Waals surface area contributed by atoms with Gasteiger partial charge in [0.05, 0.1) is 9.80 Å². The smallest absolute Gasteiger partial charge is 0.403 e. The van der Waals surface area contributed by atoms with Crippen LogP contribution in [0.3, 0.4) is 0 Å². The lowest BCUT2D eigenvalue weighted by atomic mass is 9.83. The molecule has 1 aromatic carbocycles. The van der Waals surface area contributed by atoms with Crippen LogP contribution in [0.2, 0.25) is 0 Å². The van der Waals surface area contributed by atoms with E-state index in [1.165, 1.54) is 0 Å². The van der Waals surface area contributed by atoms with Gasteiger partial charge in [0.15, 0.2) is 23.0 Å². The average molecular weight is 497 g/mol. The Balaban J connectivity index is 1.92. The highest BCUT2D eigenvalue weighted by molar-refractivity contribution is 7.92. The third kappa shape index (κ3) is 4.48. The number of nitrogens with one attached hydrogen (secondary N) is 2. The molecule has 2 aromatic rings. The van der Waals surface area contributed by atoms with Gasteiger partial charge in [0.1, 0.15) is 4.90 Å². The molecule has 1 aromatic heterocycles. The lowest BCUT2D eigenvalue weighted by Gasteiger charge is -2.37. The van der Waals surface area contributed by atoms with Gasteiger partial charge >= 0.3 is 12.5 Å². The molecule has 1 aliphatic carbocycles. The minimum atomic E-state index is -5.35. The van der Waals surface area contributed by atoms with E-state index < -0.39 is 82.4 Å². The van der Waals surface area contributed by atoms with Gasteiger partial charge in [-0.2, -0.15) is 13.2 Å². The van der Waals surface area contributed by atoms with Crippen molar-refractivity contribution in [3.05, 3.63) is 41.2 Å². The third-order valence-corrected chi connectivity index (χ3v) is 6.21. The Bertz CT molecular complexity index is 1230. The quantitative estimate of drug-likeness (QED) is 0.600. The monoisotopic (exact) mass is 497 g/mol. The molecule has 0 aliphatic heterocycles. The topological polar surface area (TPSA) is 80.4 Å². The summed E-state index contributed by atoms with van der Waals surface area (Å²) in [6, 6.07) is 0.0447. The number of fused-ring (bicyclic) bond motifs is 1. The Morgan fingerprint density at radius 2 is 1.84 bits per heavy atom. The van der Waals surface area contributed by atoms with Crippen molar-refractivity contribution < 1.29 is 57.1 Å². The Morgan fingerprint density at radius 3 is 2.44 bits per heavy atom. The summed E-state index contributed by atoms with van der Waals surface area (Å²) >= 11 is 0. The molecule has 0 amide bonds. The molecule has 0 saturated heterocycles. The molecule has 0 fully saturated rings. The van der Waals surface area contributed by atoms with E-state index in [1.807, 2.05) is 0 Å². The number of hydrogen-bond donors (Lipinski definition) is 2. The second-order valence-corrected chi connectivity index (χ2v) is 8.45. The van der Waals surface area contributed by atoms with Gasteiger partial charge in [-0.15, -0.1) is 13.2 Å². The molecule has 2 N–H and O–H groups in total. The first-order chi connectivity index (χ1) is 15.7. The fourth-order valence-electron chi connectivity index (χ4n) is 3.24. The van der Waals surface area contributed by atoms with Gasteiger partial charge in [0.25, 0.3) is 10.0 Å². The normalized spacial score (nSPS) is 21.3. The zero-order chi connectivity index (χ0) is 26.6. The highest BCUT2D eigenvalue weighted by Crippen LogP contribution is 2.44. The van der Waals surface area contributed by atoms with Crippen LogP contribution in [0.15, 0.2) is 23.2 Å². The van der Waals surface area contributed by atoms with E-state index in [1.54, 1.807) is 4.72 Å². The van der Waals surface area contributed by atoms with Crippen LogP contribution in [0.1, 0.15) is 21.8 Å². The molecule has 0 saturated carbocycles. The fourth-order valence-corrected chi connectivity index (χ4v) is 4.56. The number of halogens is 8. The van der Waals surface area contributed by atoms with Gasteiger partial charge in [-0.25, -0.2) is 17.2 Å². The standard InChI is InChI=1S/C17H14F8N2O4S/c1-30-15(16(20,21)22)3-2-8-12(6-15)26-7-14(8)32(28,29)27-11-4-10(19)13(5-9(11)18)31-17(23,24)25/h4-5,7,26-27H,2-3,6H2,1H3/t15-/m0/s1/i1D3. The molecule has 15 heteroatoms. The van der Waals surface area contributed by atoms with Crippen molar-refractivity contribution in [2.24, 2.45) is 0 Å². The zero-order valence-electron chi connectivity index (χ0n) is 18.4. The lowest BCUT2D eigenvalue weighted by molar-refractivity contribution is -0.275. The molecule has 1 aliphatic rings. The highest BCUT2D eigenvalue weighted by Gasteiger charge is 2.57. The van der Waals surface area contributed by atoms with E-state index in [0.29, 0.717) is 0 Å². The molecule has 1 atom stereocenters. The Kier molecular flexibility index (Phi) is 4.89. The molecule has 178 valence electrons. The van der Waals surface area contributed by atoms with Gasteiger partial charge in [0.2, 0.25) is 0 Å². The summed E-state index contributed by atoms with van der Waals surface area (Å²) in [6.45, 7) is 0. The van der Waals surface area contributed by atoms with Crippen molar-refractivity contribution in [3.8, 4) is 5.75 Å². The number of alkyl halides is 6. The number of rotatable bonds is 5. The maximum atomic E-state index is 14.2. The predicted molar refractivity (Wildman–Crippen MR) is 92.5 cm³/mol. The molecule has 1 heterocycles. The van der Waals surface area contributed by atoms with Crippen LogP contribution in [-0.2, 0) is 27.6 Å². The molecular formula is C17H14F8N2O4S. The second kappa shape index (κ2) is 7.79. The van der Waals surface area contributed by atoms with Crippen molar-refractivity contribution in [3.63, 3.8) is 0 Å². The van der Waals surface area contributed by atoms with Crippen molar-refractivity contribution in [1.82, 2.24) is 4.98 Å². The summed E-state index contributed by atoms with van der Waals surface area (Å²) < 4.78 is 162. The highest BCUT2D eigenvalue weighted by atomic mass is 32.2. The molecule has 32 heavy (non-hydrogen) atoms. The van der Waals surface area contributed by atoms with Crippen LogP contribution in [0.4, 0.5) is 40.8 Å². The maximum absolute atomic E-state index is 14.2. The predicted octanol–water partition coefficient (Wildman–Crippen LogP) is 4.43. The van der Waals surface area contributed by atoms with Crippen LogP contribution >= 0.6 is 0 Å². The average Bonchev–Trinajstić information content (AvgIpc) is 3.06. The SMILES string of the molecule is [2H]C([2H])([2H])O[C@@]1(C(F)(F)F)CCc2c(S(=O)(=O)Nc3cc(F)c(OC(F)(F)F)cc3F)c[nH]c2C1. The van der Waals surface area contributed by atoms with Gasteiger partial charge in [0, 0.05) is 37.5 Å². The van der Waals surface area contributed by atoms with E-state index in [2.05, 4.69) is 14.5 Å². The van der Waals surface area contributed by atoms with E-state index in [0.717, 1.165) is 6.20 Å². The molecule has 3 rings (SSSR count). The first kappa shape index (κ1) is 20.1. The van der Waals surface area contributed by atoms with Gasteiger partial charge < -0.3 is 14.5 Å². The second-order valence-electron chi connectivity index (χ2n) is 6.80. The number of sulfonamides is 1. The Labute approximate surface area is 179 Å². The van der Waals surface area contributed by atoms with E-state index >= 15 is 0 Å². The van der Waals surface area contributed by atoms with E-state index in [9.17, 15) is 43.5 Å². The zero-order valence-corrected chi connectivity index (χ0v) is 16.2. The minimum Gasteiger partial charge on any atom is -0.403 e. The van der Waals surface area contributed by atoms with Gasteiger partial charge in [-0.1, -0.05) is 0 Å². The molecular weight excluding hydrogens is 480 g/mol. The van der Waals surface area contributed by atoms with Crippen LogP contribution < -0.4 is 9.46 Å². The van der Waals surface area contributed by atoms with Crippen molar-refractivity contribution in [2.75, 3.05) is 11.8 Å². The number of aromatic nitrogens is 1. The molecule has 0 spiro atoms. The van der Waals surface area contributed by atoms with Crippen molar-refractivity contribution in [2.45, 2.75) is 42.3 Å². The first-order valence-corrected chi connectivity index (χ1v) is 9.95. The number of aromatic amines is 1. The molecule has 0 unspecified atom stereocenters. The van der Waals surface area contributed by atoms with Gasteiger partial charge in [-0.05, 0) is 18.4 Å². The van der Waals surface area contributed by atoms with E-state index in [4.69, 9.17) is 4.11 Å². The first-order valence-electron chi connectivity index (χ1n) is 9.97. The number of ether oxygens (including phenoxy) is 2. The Morgan fingerprint density at radius 1 is 1.16 bits per heavy atom. The Hall–Kier alpha value is -2.55. The number of methoxy groups -OCH3 is 1. The van der Waals surface area contributed by atoms with Crippen molar-refractivity contribution in [1.29, 1.82) is 0 Å². The molecule has 6 nitrogen and oxygen atoms in total. The van der Waals surface area contributed by atoms with Crippen LogP contribution in [-0.4, -0.2) is 38.6 Å². The number of benzene rings is 1.